The highest BCUT2D eigenvalue weighted by Gasteiger charge is 2.49. The summed E-state index contributed by atoms with van der Waals surface area (Å²) in [5.41, 5.74) is 1.20. The van der Waals surface area contributed by atoms with Crippen LogP contribution in [0.1, 0.15) is 19.4 Å². The predicted octanol–water partition coefficient (Wildman–Crippen LogP) is 0.937. The van der Waals surface area contributed by atoms with Crippen LogP contribution in [0, 0.1) is 11.3 Å². The summed E-state index contributed by atoms with van der Waals surface area (Å²) in [7, 11) is 1.49. The number of methoxy groups -OCH3 is 1. The van der Waals surface area contributed by atoms with Crippen LogP contribution in [0.5, 0.6) is 5.75 Å². The highest BCUT2D eigenvalue weighted by atomic mass is 16.5. The van der Waals surface area contributed by atoms with Crippen molar-refractivity contribution in [1.82, 2.24) is 15.8 Å². The number of imide groups is 1. The van der Waals surface area contributed by atoms with Crippen LogP contribution < -0.4 is 15.5 Å². The number of esters is 1. The molecule has 1 fully saturated rings. The van der Waals surface area contributed by atoms with Crippen molar-refractivity contribution in [2.75, 3.05) is 13.7 Å². The summed E-state index contributed by atoms with van der Waals surface area (Å²) in [5.74, 6) is -0.926. The Morgan fingerprint density at radius 3 is 2.81 bits per heavy atom. The van der Waals surface area contributed by atoms with Gasteiger partial charge in [-0.3, -0.25) is 10.2 Å². The molecule has 3 amide bonds. The average Bonchev–Trinajstić information content (AvgIpc) is 2.86. The van der Waals surface area contributed by atoms with Crippen molar-refractivity contribution in [3.8, 4) is 11.8 Å². The van der Waals surface area contributed by atoms with Crippen molar-refractivity contribution < 1.29 is 23.9 Å². The second-order valence-corrected chi connectivity index (χ2v) is 5.45. The molecule has 136 valence electrons. The quantitative estimate of drug-likeness (QED) is 0.336. The summed E-state index contributed by atoms with van der Waals surface area (Å²) in [4.78, 5) is 36.5. The highest BCUT2D eigenvalue weighted by Crippen LogP contribution is 2.30. The van der Waals surface area contributed by atoms with Gasteiger partial charge in [-0.25, -0.2) is 9.59 Å². The molecule has 1 heterocycles. The number of nitrogens with zero attached hydrogens (tertiary/aromatic N) is 2. The van der Waals surface area contributed by atoms with Gasteiger partial charge in [-0.1, -0.05) is 12.1 Å². The Balaban J connectivity index is 2.25. The number of carbonyl (C=O) groups excluding carboxylic acids is 3. The van der Waals surface area contributed by atoms with Gasteiger partial charge in [-0.05, 0) is 31.5 Å². The van der Waals surface area contributed by atoms with Gasteiger partial charge in [0.25, 0.3) is 5.91 Å². The molecule has 1 aliphatic heterocycles. The van der Waals surface area contributed by atoms with E-state index in [1.54, 1.807) is 44.2 Å². The van der Waals surface area contributed by atoms with E-state index in [1.165, 1.54) is 7.11 Å². The number of nitriles is 1. The third-order valence-corrected chi connectivity index (χ3v) is 3.79. The summed E-state index contributed by atoms with van der Waals surface area (Å²) in [6.07, 6.45) is 0.951. The molecule has 9 nitrogen and oxygen atoms in total. The minimum Gasteiger partial charge on any atom is -0.497 e. The van der Waals surface area contributed by atoms with Gasteiger partial charge < -0.3 is 14.8 Å². The molecule has 2 N–H and O–H groups in total. The first-order valence-corrected chi connectivity index (χ1v) is 7.72. The maximum atomic E-state index is 12.7. The fourth-order valence-corrected chi connectivity index (χ4v) is 2.36. The number of amides is 3. The van der Waals surface area contributed by atoms with Crippen LogP contribution in [0.15, 0.2) is 36.0 Å². The van der Waals surface area contributed by atoms with Crippen LogP contribution in [0.3, 0.4) is 0 Å². The van der Waals surface area contributed by atoms with Gasteiger partial charge in [0.1, 0.15) is 17.4 Å². The molecule has 1 aromatic rings. The standard InChI is InChI=1S/C17H18N4O5/c1-4-26-14(22)11(9-18)10-19-21-15(23)17(2,20-16(21)24)12-6-5-7-13(8-12)25-3/h5-8,10,19H,4H2,1-3H3,(H,20,24)/b11-10+/t17-/m1/s1. The van der Waals surface area contributed by atoms with Gasteiger partial charge in [0.2, 0.25) is 0 Å². The van der Waals surface area contributed by atoms with Crippen LogP contribution in [0.4, 0.5) is 4.79 Å². The molecule has 0 aromatic heterocycles. The summed E-state index contributed by atoms with van der Waals surface area (Å²) >= 11 is 0. The number of urea groups is 1. The second kappa shape index (κ2) is 7.57. The minimum atomic E-state index is -1.33. The van der Waals surface area contributed by atoms with Gasteiger partial charge in [0.15, 0.2) is 5.57 Å². The van der Waals surface area contributed by atoms with Gasteiger partial charge in [-0.15, -0.1) is 0 Å². The maximum absolute atomic E-state index is 12.7. The Labute approximate surface area is 150 Å². The monoisotopic (exact) mass is 358 g/mol. The van der Waals surface area contributed by atoms with Crippen molar-refractivity contribution in [3.05, 3.63) is 41.6 Å². The van der Waals surface area contributed by atoms with Crippen LogP contribution in [0.25, 0.3) is 0 Å². The van der Waals surface area contributed by atoms with Gasteiger partial charge in [0, 0.05) is 6.20 Å². The number of benzene rings is 1. The van der Waals surface area contributed by atoms with E-state index in [-0.39, 0.29) is 12.2 Å². The summed E-state index contributed by atoms with van der Waals surface area (Å²) in [5, 5.41) is 12.3. The van der Waals surface area contributed by atoms with Crippen molar-refractivity contribution in [3.63, 3.8) is 0 Å². The van der Waals surface area contributed by atoms with E-state index >= 15 is 0 Å². The Hall–Kier alpha value is -3.54. The lowest BCUT2D eigenvalue weighted by atomic mass is 9.92. The Morgan fingerprint density at radius 1 is 1.46 bits per heavy atom. The lowest BCUT2D eigenvalue weighted by molar-refractivity contribution is -0.138. The van der Waals surface area contributed by atoms with Crippen LogP contribution in [-0.4, -0.2) is 36.6 Å². The lowest BCUT2D eigenvalue weighted by Crippen LogP contribution is -2.43. The van der Waals surface area contributed by atoms with E-state index in [0.29, 0.717) is 16.3 Å². The number of rotatable bonds is 6. The number of carbonyl (C=O) groups is 3. The molecule has 1 aromatic carbocycles. The molecule has 1 atom stereocenters. The van der Waals surface area contributed by atoms with E-state index in [1.807, 2.05) is 0 Å². The predicted molar refractivity (Wildman–Crippen MR) is 89.2 cm³/mol. The van der Waals surface area contributed by atoms with Crippen molar-refractivity contribution in [1.29, 1.82) is 5.26 Å². The summed E-state index contributed by atoms with van der Waals surface area (Å²) < 4.78 is 9.85. The molecule has 0 radical (unpaired) electrons. The van der Waals surface area contributed by atoms with Crippen molar-refractivity contribution in [2.24, 2.45) is 0 Å². The largest absolute Gasteiger partial charge is 0.497 e. The number of ether oxygens (including phenoxy) is 2. The molecule has 2 rings (SSSR count). The van der Waals surface area contributed by atoms with Gasteiger partial charge in [0.05, 0.1) is 13.7 Å². The molecule has 0 unspecified atom stereocenters. The normalized spacial score (nSPS) is 19.6. The van der Waals surface area contributed by atoms with Gasteiger partial charge in [-0.2, -0.15) is 10.3 Å². The number of hydrazine groups is 1. The lowest BCUT2D eigenvalue weighted by Gasteiger charge is -2.22. The molecule has 1 saturated heterocycles. The molecule has 9 heteroatoms. The van der Waals surface area contributed by atoms with Crippen LogP contribution >= 0.6 is 0 Å². The zero-order valence-corrected chi connectivity index (χ0v) is 14.5. The van der Waals surface area contributed by atoms with E-state index in [4.69, 9.17) is 14.7 Å². The topological polar surface area (TPSA) is 121 Å². The first kappa shape index (κ1) is 18.8. The van der Waals surface area contributed by atoms with E-state index in [2.05, 4.69) is 10.7 Å². The molecular formula is C17H18N4O5. The molecule has 0 aliphatic carbocycles. The van der Waals surface area contributed by atoms with Crippen LogP contribution in [0.2, 0.25) is 0 Å². The first-order valence-electron chi connectivity index (χ1n) is 7.72. The molecule has 0 spiro atoms. The number of hydrogen-bond acceptors (Lipinski definition) is 7. The molecule has 0 saturated carbocycles. The molecular weight excluding hydrogens is 340 g/mol. The molecule has 0 bridgehead atoms. The van der Waals surface area contributed by atoms with Crippen LogP contribution in [-0.2, 0) is 19.9 Å². The smallest absolute Gasteiger partial charge is 0.350 e. The van der Waals surface area contributed by atoms with Gasteiger partial charge >= 0.3 is 12.0 Å². The Kier molecular flexibility index (Phi) is 5.47. The minimum absolute atomic E-state index is 0.0922. The van der Waals surface area contributed by atoms with Crippen molar-refractivity contribution >= 4 is 17.9 Å². The Morgan fingerprint density at radius 2 is 2.19 bits per heavy atom. The van der Waals surface area contributed by atoms with E-state index < -0.39 is 23.4 Å². The summed E-state index contributed by atoms with van der Waals surface area (Å²) in [6, 6.07) is 7.65. The van der Waals surface area contributed by atoms with E-state index in [9.17, 15) is 14.4 Å². The highest BCUT2D eigenvalue weighted by molar-refractivity contribution is 6.07. The zero-order valence-electron chi connectivity index (χ0n) is 14.5. The average molecular weight is 358 g/mol. The second-order valence-electron chi connectivity index (χ2n) is 5.45. The third-order valence-electron chi connectivity index (χ3n) is 3.79. The fraction of sp³-hybridized carbons (Fsp3) is 0.294. The van der Waals surface area contributed by atoms with E-state index in [0.717, 1.165) is 6.20 Å². The SMILES string of the molecule is CCOC(=O)/C(C#N)=C/NN1C(=O)N[C@](C)(c2cccc(OC)c2)C1=O. The maximum Gasteiger partial charge on any atom is 0.350 e. The number of hydrogen-bond donors (Lipinski definition) is 2. The number of nitrogens with one attached hydrogen (secondary N) is 2. The molecule has 26 heavy (non-hydrogen) atoms. The molecule has 1 aliphatic rings. The fourth-order valence-electron chi connectivity index (χ4n) is 2.36. The Bertz CT molecular complexity index is 814. The zero-order chi connectivity index (χ0) is 19.3. The van der Waals surface area contributed by atoms with Crippen molar-refractivity contribution in [2.45, 2.75) is 19.4 Å². The third kappa shape index (κ3) is 3.44. The first-order chi connectivity index (χ1) is 12.4. The summed E-state index contributed by atoms with van der Waals surface area (Å²) in [6.45, 7) is 3.23.